The predicted octanol–water partition coefficient (Wildman–Crippen LogP) is 4.44. The highest BCUT2D eigenvalue weighted by atomic mass is 16.6. The number of carbonyl (C=O) groups is 3. The molecule has 2 aliphatic rings. The second kappa shape index (κ2) is 13.7. The van der Waals surface area contributed by atoms with E-state index in [-0.39, 0.29) is 30.8 Å². The number of hydrogen-bond donors (Lipinski definition) is 0. The lowest BCUT2D eigenvalue weighted by atomic mass is 10.0. The summed E-state index contributed by atoms with van der Waals surface area (Å²) >= 11 is 0. The summed E-state index contributed by atoms with van der Waals surface area (Å²) in [5.41, 5.74) is 2.05. The molecule has 2 aromatic heterocycles. The first-order valence-electron chi connectivity index (χ1n) is 13.7. The highest BCUT2D eigenvalue weighted by Crippen LogP contribution is 2.29. The number of imidazole rings is 1. The molecule has 1 fully saturated rings. The molecule has 1 aromatic carbocycles. The van der Waals surface area contributed by atoms with Gasteiger partial charge in [0.15, 0.2) is 0 Å². The molecule has 2 amide bonds. The standard InChI is InChI=1S/C25H30N4O5.C5H6N2O/c1-25(2,3)34-24(31)28-13-9-19(10-14-28)21-22(27-12-11-26-21)33-20-15-29(16-20)23(30)32-17-18-7-5-4-6-8-18;1-5(8)7-3-2-6-4-7/h4-9,11-12,20H,10,13-17H2,1-3H3;2-4H,1H3. The largest absolute Gasteiger partial charge is 0.469 e. The number of aromatic nitrogens is 4. The summed E-state index contributed by atoms with van der Waals surface area (Å²) in [5, 5.41) is 0. The minimum absolute atomic E-state index is 0.0116. The van der Waals surface area contributed by atoms with Crippen molar-refractivity contribution in [2.45, 2.75) is 52.4 Å². The number of hydrogen-bond acceptors (Lipinski definition) is 9. The molecule has 0 N–H and O–H groups in total. The van der Waals surface area contributed by atoms with Crippen LogP contribution in [0.1, 0.15) is 50.2 Å². The normalized spacial score (nSPS) is 15.0. The summed E-state index contributed by atoms with van der Waals surface area (Å²) in [6.07, 6.45) is 9.58. The molecule has 12 nitrogen and oxygen atoms in total. The molecular formula is C30H36N6O6. The molecule has 3 aromatic rings. The van der Waals surface area contributed by atoms with Crippen molar-refractivity contribution in [3.8, 4) is 5.88 Å². The van der Waals surface area contributed by atoms with Crippen LogP contribution in [0.5, 0.6) is 5.88 Å². The van der Waals surface area contributed by atoms with Crippen LogP contribution in [0.4, 0.5) is 9.59 Å². The topological polar surface area (TPSA) is 129 Å². The molecule has 222 valence electrons. The van der Waals surface area contributed by atoms with Gasteiger partial charge in [0.25, 0.3) is 0 Å². The van der Waals surface area contributed by atoms with Gasteiger partial charge in [-0.3, -0.25) is 9.36 Å². The average molecular weight is 577 g/mol. The third-order valence-corrected chi connectivity index (χ3v) is 6.29. The van der Waals surface area contributed by atoms with Crippen LogP contribution in [0.3, 0.4) is 0 Å². The van der Waals surface area contributed by atoms with Crippen LogP contribution in [0.25, 0.3) is 5.57 Å². The first-order chi connectivity index (χ1) is 20.1. The van der Waals surface area contributed by atoms with E-state index in [1.54, 1.807) is 34.6 Å². The molecular weight excluding hydrogens is 540 g/mol. The number of carbonyl (C=O) groups excluding carboxylic acids is 3. The Bertz CT molecular complexity index is 1380. The fourth-order valence-electron chi connectivity index (χ4n) is 4.08. The highest BCUT2D eigenvalue weighted by molar-refractivity contribution is 5.75. The van der Waals surface area contributed by atoms with Crippen LogP contribution >= 0.6 is 0 Å². The minimum atomic E-state index is -0.530. The van der Waals surface area contributed by atoms with E-state index < -0.39 is 5.60 Å². The summed E-state index contributed by atoms with van der Waals surface area (Å²) in [5.74, 6) is 0.421. The Morgan fingerprint density at radius 3 is 2.31 bits per heavy atom. The van der Waals surface area contributed by atoms with E-state index in [4.69, 9.17) is 14.2 Å². The second-order valence-corrected chi connectivity index (χ2v) is 10.8. The van der Waals surface area contributed by atoms with Gasteiger partial charge in [0, 0.05) is 44.8 Å². The van der Waals surface area contributed by atoms with E-state index in [2.05, 4.69) is 15.0 Å². The lowest BCUT2D eigenvalue weighted by molar-refractivity contribution is 0.00644. The lowest BCUT2D eigenvalue weighted by Crippen LogP contribution is -2.56. The van der Waals surface area contributed by atoms with E-state index in [9.17, 15) is 14.4 Å². The first-order valence-corrected chi connectivity index (χ1v) is 13.7. The molecule has 12 heteroatoms. The van der Waals surface area contributed by atoms with Crippen molar-refractivity contribution in [3.63, 3.8) is 0 Å². The quantitative estimate of drug-likeness (QED) is 0.433. The summed E-state index contributed by atoms with van der Waals surface area (Å²) < 4.78 is 18.3. The highest BCUT2D eigenvalue weighted by Gasteiger charge is 2.35. The molecule has 4 heterocycles. The van der Waals surface area contributed by atoms with E-state index in [1.165, 1.54) is 17.8 Å². The number of benzene rings is 1. The van der Waals surface area contributed by atoms with Crippen LogP contribution in [0, 0.1) is 0 Å². The Balaban J connectivity index is 0.000000437. The zero-order valence-electron chi connectivity index (χ0n) is 24.3. The van der Waals surface area contributed by atoms with Crippen molar-refractivity contribution >= 4 is 23.7 Å². The molecule has 42 heavy (non-hydrogen) atoms. The molecule has 1 saturated heterocycles. The first kappa shape index (κ1) is 30.2. The third kappa shape index (κ3) is 8.63. The maximum absolute atomic E-state index is 12.3. The van der Waals surface area contributed by atoms with Crippen molar-refractivity contribution in [2.24, 2.45) is 0 Å². The van der Waals surface area contributed by atoms with Crippen LogP contribution in [-0.2, 0) is 16.1 Å². The van der Waals surface area contributed by atoms with Gasteiger partial charge < -0.3 is 24.0 Å². The Labute approximate surface area is 244 Å². The van der Waals surface area contributed by atoms with Crippen LogP contribution in [0.2, 0.25) is 0 Å². The Hall–Kier alpha value is -4.74. The molecule has 0 radical (unpaired) electrons. The van der Waals surface area contributed by atoms with Crippen LogP contribution in [-0.4, -0.2) is 85.3 Å². The lowest BCUT2D eigenvalue weighted by Gasteiger charge is -2.38. The summed E-state index contributed by atoms with van der Waals surface area (Å²) in [6.45, 7) is 9.10. The van der Waals surface area contributed by atoms with Gasteiger partial charge in [-0.25, -0.2) is 24.5 Å². The Morgan fingerprint density at radius 2 is 1.71 bits per heavy atom. The number of amides is 2. The minimum Gasteiger partial charge on any atom is -0.469 e. The van der Waals surface area contributed by atoms with Crippen LogP contribution in [0.15, 0.2) is 67.5 Å². The van der Waals surface area contributed by atoms with E-state index in [1.807, 2.05) is 57.2 Å². The maximum atomic E-state index is 12.3. The van der Waals surface area contributed by atoms with Crippen molar-refractivity contribution in [2.75, 3.05) is 26.2 Å². The molecule has 0 bridgehead atoms. The summed E-state index contributed by atoms with van der Waals surface area (Å²) in [7, 11) is 0. The SMILES string of the molecule is CC(=O)n1ccnc1.CC(C)(C)OC(=O)N1CC=C(c2nccnc2OC2CN(C(=O)OCc3ccccc3)C2)CC1. The van der Waals surface area contributed by atoms with Crippen molar-refractivity contribution in [1.82, 2.24) is 29.3 Å². The van der Waals surface area contributed by atoms with E-state index in [0.29, 0.717) is 44.2 Å². The molecule has 0 saturated carbocycles. The Kier molecular flexibility index (Phi) is 9.89. The molecule has 0 atom stereocenters. The van der Waals surface area contributed by atoms with Crippen molar-refractivity contribution in [1.29, 1.82) is 0 Å². The van der Waals surface area contributed by atoms with Crippen molar-refractivity contribution in [3.05, 3.63) is 78.8 Å². The summed E-state index contributed by atoms with van der Waals surface area (Å²) in [4.78, 5) is 50.8. The fraction of sp³-hybridized carbons (Fsp3) is 0.400. The van der Waals surface area contributed by atoms with Gasteiger partial charge in [0.05, 0.1) is 13.1 Å². The zero-order valence-corrected chi connectivity index (χ0v) is 24.3. The second-order valence-electron chi connectivity index (χ2n) is 10.8. The number of likely N-dealkylation sites (tertiary alicyclic amines) is 1. The van der Waals surface area contributed by atoms with Gasteiger partial charge in [-0.1, -0.05) is 36.4 Å². The number of nitrogens with zero attached hydrogens (tertiary/aromatic N) is 6. The molecule has 2 aliphatic heterocycles. The van der Waals surface area contributed by atoms with Gasteiger partial charge in [-0.15, -0.1) is 0 Å². The van der Waals surface area contributed by atoms with E-state index >= 15 is 0 Å². The fourth-order valence-corrected chi connectivity index (χ4v) is 4.08. The molecule has 0 spiro atoms. The molecule has 0 aliphatic carbocycles. The number of rotatable bonds is 5. The van der Waals surface area contributed by atoms with Gasteiger partial charge in [0.1, 0.15) is 30.3 Å². The average Bonchev–Trinajstić information content (AvgIpc) is 3.50. The van der Waals surface area contributed by atoms with Crippen LogP contribution < -0.4 is 4.74 Å². The molecule has 0 unspecified atom stereocenters. The summed E-state index contributed by atoms with van der Waals surface area (Å²) in [6, 6.07) is 9.57. The van der Waals surface area contributed by atoms with Gasteiger partial charge in [0.2, 0.25) is 11.8 Å². The van der Waals surface area contributed by atoms with Gasteiger partial charge in [-0.05, 0) is 38.3 Å². The Morgan fingerprint density at radius 1 is 0.976 bits per heavy atom. The smallest absolute Gasteiger partial charge is 0.410 e. The van der Waals surface area contributed by atoms with Crippen molar-refractivity contribution < 1.29 is 28.6 Å². The van der Waals surface area contributed by atoms with E-state index in [0.717, 1.165) is 11.1 Å². The predicted molar refractivity (Wildman–Crippen MR) is 154 cm³/mol. The maximum Gasteiger partial charge on any atom is 0.410 e. The molecule has 5 rings (SSSR count). The number of ether oxygens (including phenoxy) is 3. The zero-order chi connectivity index (χ0) is 30.1. The van der Waals surface area contributed by atoms with Gasteiger partial charge in [-0.2, -0.15) is 0 Å². The monoisotopic (exact) mass is 576 g/mol. The van der Waals surface area contributed by atoms with Gasteiger partial charge >= 0.3 is 12.2 Å². The third-order valence-electron chi connectivity index (χ3n) is 6.29.